The number of nitro groups is 1. The Bertz CT molecular complexity index is 509. The lowest BCUT2D eigenvalue weighted by Crippen LogP contribution is -1.91. The minimum Gasteiger partial charge on any atom is -0.259 e. The van der Waals surface area contributed by atoms with Crippen LogP contribution in [0, 0.1) is 10.1 Å². The molecule has 0 saturated heterocycles. The van der Waals surface area contributed by atoms with Crippen LogP contribution in [0.5, 0.6) is 0 Å². The average Bonchev–Trinajstić information content (AvgIpc) is 2.59. The maximum atomic E-state index is 10.5. The summed E-state index contributed by atoms with van der Waals surface area (Å²) in [5.41, 5.74) is 0.168. The first-order valence-electron chi connectivity index (χ1n) is 4.48. The molecule has 0 saturated carbocycles. The van der Waals surface area contributed by atoms with Crippen molar-refractivity contribution < 1.29 is 4.92 Å². The highest BCUT2D eigenvalue weighted by Crippen LogP contribution is 2.26. The number of nitrogens with zero attached hydrogens (tertiary/aromatic N) is 1. The van der Waals surface area contributed by atoms with E-state index in [9.17, 15) is 10.1 Å². The van der Waals surface area contributed by atoms with Gasteiger partial charge >= 0.3 is 0 Å². The van der Waals surface area contributed by atoms with Gasteiger partial charge in [0.05, 0.1) is 4.92 Å². The van der Waals surface area contributed by atoms with Crippen molar-refractivity contribution in [3.8, 4) is 0 Å². The second-order valence-corrected chi connectivity index (χ2v) is 4.34. The van der Waals surface area contributed by atoms with E-state index in [2.05, 4.69) is 0 Å². The van der Waals surface area contributed by atoms with E-state index in [4.69, 9.17) is 0 Å². The van der Waals surface area contributed by atoms with Crippen LogP contribution < -0.4 is 0 Å². The number of fused-ring (bicyclic) bond motifs is 1. The summed E-state index contributed by atoms with van der Waals surface area (Å²) < 4.78 is 1.15. The third-order valence-electron chi connectivity index (χ3n) is 2.08. The van der Waals surface area contributed by atoms with Crippen LogP contribution in [-0.2, 0) is 0 Å². The van der Waals surface area contributed by atoms with Gasteiger partial charge in [-0.1, -0.05) is 18.2 Å². The molecule has 0 spiro atoms. The second-order valence-electron chi connectivity index (χ2n) is 3.23. The lowest BCUT2D eigenvalue weighted by Gasteiger charge is -1.86. The van der Waals surface area contributed by atoms with Gasteiger partial charge < -0.3 is 0 Å². The molecule has 3 nitrogen and oxygen atoms in total. The van der Waals surface area contributed by atoms with Crippen molar-refractivity contribution in [1.29, 1.82) is 0 Å². The highest BCUT2D eigenvalue weighted by atomic mass is 32.1. The van der Waals surface area contributed by atoms with Gasteiger partial charge in [0.25, 0.3) is 0 Å². The lowest BCUT2D eigenvalue weighted by molar-refractivity contribution is -0.422. The lowest BCUT2D eigenvalue weighted by atomic mass is 10.2. The van der Waals surface area contributed by atoms with E-state index in [1.54, 1.807) is 17.4 Å². The van der Waals surface area contributed by atoms with Gasteiger partial charge in [0.15, 0.2) is 0 Å². The number of rotatable bonds is 2. The molecule has 0 radical (unpaired) electrons. The van der Waals surface area contributed by atoms with E-state index in [-0.39, 0.29) is 10.6 Å². The molecule has 2 aromatic rings. The molecule has 1 heterocycles. The van der Waals surface area contributed by atoms with Crippen molar-refractivity contribution >= 4 is 27.5 Å². The first kappa shape index (κ1) is 9.86. The Morgan fingerprint density at radius 1 is 1.47 bits per heavy atom. The number of hydrogen-bond donors (Lipinski definition) is 0. The Morgan fingerprint density at radius 3 is 2.87 bits per heavy atom. The maximum Gasteiger partial charge on any atom is 0.244 e. The fourth-order valence-corrected chi connectivity index (χ4v) is 2.39. The molecular formula is C11H9NO2S. The van der Waals surface area contributed by atoms with Crippen LogP contribution in [0.25, 0.3) is 16.2 Å². The first-order valence-corrected chi connectivity index (χ1v) is 5.30. The molecule has 0 fully saturated rings. The molecule has 2 rings (SSSR count). The monoisotopic (exact) mass is 219 g/mol. The first-order chi connectivity index (χ1) is 7.16. The molecule has 0 amide bonds. The van der Waals surface area contributed by atoms with Gasteiger partial charge in [0, 0.05) is 22.6 Å². The zero-order valence-electron chi connectivity index (χ0n) is 8.14. The number of allylic oxidation sites excluding steroid dienone is 1. The van der Waals surface area contributed by atoms with E-state index >= 15 is 0 Å². The van der Waals surface area contributed by atoms with Crippen LogP contribution in [0.15, 0.2) is 36.0 Å². The SMILES string of the molecule is C/C(=C/c1cc2ccccc2s1)[N+](=O)[O-]. The van der Waals surface area contributed by atoms with Gasteiger partial charge in [-0.3, -0.25) is 10.1 Å². The average molecular weight is 219 g/mol. The highest BCUT2D eigenvalue weighted by Gasteiger charge is 2.04. The van der Waals surface area contributed by atoms with Crippen molar-refractivity contribution in [2.24, 2.45) is 0 Å². The maximum absolute atomic E-state index is 10.5. The summed E-state index contributed by atoms with van der Waals surface area (Å²) in [7, 11) is 0. The summed E-state index contributed by atoms with van der Waals surface area (Å²) in [5, 5.41) is 11.6. The molecule has 0 aliphatic carbocycles. The molecule has 4 heteroatoms. The van der Waals surface area contributed by atoms with Gasteiger partial charge in [0.2, 0.25) is 5.70 Å². The molecule has 0 bridgehead atoms. The summed E-state index contributed by atoms with van der Waals surface area (Å²) in [4.78, 5) is 11.0. The minimum atomic E-state index is -0.371. The quantitative estimate of drug-likeness (QED) is 0.572. The van der Waals surface area contributed by atoms with Gasteiger partial charge in [0.1, 0.15) is 0 Å². The molecule has 15 heavy (non-hydrogen) atoms. The topological polar surface area (TPSA) is 43.1 Å². The van der Waals surface area contributed by atoms with Gasteiger partial charge in [-0.25, -0.2) is 0 Å². The summed E-state index contributed by atoms with van der Waals surface area (Å²) in [6.07, 6.45) is 1.60. The molecule has 0 aliphatic rings. The van der Waals surface area contributed by atoms with E-state index in [0.717, 1.165) is 15.0 Å². The summed E-state index contributed by atoms with van der Waals surface area (Å²) >= 11 is 1.56. The number of hydrogen-bond acceptors (Lipinski definition) is 3. The fourth-order valence-electron chi connectivity index (χ4n) is 1.33. The summed E-state index contributed by atoms with van der Waals surface area (Å²) in [6, 6.07) is 9.91. The fraction of sp³-hybridized carbons (Fsp3) is 0.0909. The molecule has 0 unspecified atom stereocenters. The second kappa shape index (κ2) is 3.82. The van der Waals surface area contributed by atoms with Gasteiger partial charge in [-0.2, -0.15) is 0 Å². The Morgan fingerprint density at radius 2 is 2.20 bits per heavy atom. The van der Waals surface area contributed by atoms with Crippen LogP contribution in [0.2, 0.25) is 0 Å². The van der Waals surface area contributed by atoms with Crippen LogP contribution >= 0.6 is 11.3 Å². The van der Waals surface area contributed by atoms with Crippen molar-refractivity contribution in [2.45, 2.75) is 6.92 Å². The number of benzene rings is 1. The van der Waals surface area contributed by atoms with E-state index in [1.165, 1.54) is 6.92 Å². The minimum absolute atomic E-state index is 0.168. The van der Waals surface area contributed by atoms with Crippen LogP contribution in [0.4, 0.5) is 0 Å². The largest absolute Gasteiger partial charge is 0.259 e. The Balaban J connectivity index is 2.46. The van der Waals surface area contributed by atoms with Crippen molar-refractivity contribution in [2.75, 3.05) is 0 Å². The molecular weight excluding hydrogens is 210 g/mol. The molecule has 1 aromatic carbocycles. The smallest absolute Gasteiger partial charge is 0.244 e. The predicted octanol–water partition coefficient (Wildman–Crippen LogP) is 3.54. The van der Waals surface area contributed by atoms with Gasteiger partial charge in [-0.05, 0) is 17.5 Å². The van der Waals surface area contributed by atoms with Crippen LogP contribution in [0.3, 0.4) is 0 Å². The number of thiophene rings is 1. The Labute approximate surface area is 90.8 Å². The normalized spacial score (nSPS) is 11.9. The molecule has 0 aliphatic heterocycles. The molecule has 0 N–H and O–H groups in total. The molecule has 1 aromatic heterocycles. The van der Waals surface area contributed by atoms with Crippen molar-refractivity contribution in [3.63, 3.8) is 0 Å². The molecule has 76 valence electrons. The third-order valence-corrected chi connectivity index (χ3v) is 3.15. The van der Waals surface area contributed by atoms with E-state index < -0.39 is 0 Å². The van der Waals surface area contributed by atoms with Crippen LogP contribution in [0.1, 0.15) is 11.8 Å². The summed E-state index contributed by atoms with van der Waals surface area (Å²) in [6.45, 7) is 1.50. The van der Waals surface area contributed by atoms with E-state index in [0.29, 0.717) is 0 Å². The zero-order valence-corrected chi connectivity index (χ0v) is 8.95. The van der Waals surface area contributed by atoms with Crippen molar-refractivity contribution in [1.82, 2.24) is 0 Å². The summed E-state index contributed by atoms with van der Waals surface area (Å²) in [5.74, 6) is 0. The third kappa shape index (κ3) is 2.05. The standard InChI is InChI=1S/C11H9NO2S/c1-8(12(13)14)6-10-7-9-4-2-3-5-11(9)15-10/h2-7H,1H3/b8-6-. The zero-order chi connectivity index (χ0) is 10.8. The molecule has 0 atom stereocenters. The highest BCUT2D eigenvalue weighted by molar-refractivity contribution is 7.19. The predicted molar refractivity (Wildman–Crippen MR) is 62.5 cm³/mol. The van der Waals surface area contributed by atoms with E-state index in [1.807, 2.05) is 30.3 Å². The van der Waals surface area contributed by atoms with Crippen LogP contribution in [-0.4, -0.2) is 4.92 Å². The Kier molecular flexibility index (Phi) is 2.51. The Hall–Kier alpha value is -1.68. The van der Waals surface area contributed by atoms with Crippen molar-refractivity contribution in [3.05, 3.63) is 51.0 Å². The van der Waals surface area contributed by atoms with Gasteiger partial charge in [-0.15, -0.1) is 11.3 Å².